The second kappa shape index (κ2) is 8.31. The van der Waals surface area contributed by atoms with Crippen LogP contribution in [-0.2, 0) is 0 Å². The first kappa shape index (κ1) is 18.3. The van der Waals surface area contributed by atoms with Crippen LogP contribution in [0.25, 0.3) is 0 Å². The second-order valence-electron chi connectivity index (χ2n) is 6.82. The van der Waals surface area contributed by atoms with E-state index < -0.39 is 0 Å². The van der Waals surface area contributed by atoms with Crippen LogP contribution in [0.15, 0.2) is 48.5 Å². The number of amides is 2. The lowest BCUT2D eigenvalue weighted by Crippen LogP contribution is -2.50. The number of piperazine rings is 1. The third-order valence-electron chi connectivity index (χ3n) is 5.03. The van der Waals surface area contributed by atoms with Crippen molar-refractivity contribution in [1.29, 1.82) is 0 Å². The Morgan fingerprint density at radius 2 is 1.64 bits per heavy atom. The highest BCUT2D eigenvalue weighted by Gasteiger charge is 2.22. The van der Waals surface area contributed by atoms with Crippen LogP contribution < -0.4 is 14.8 Å². The zero-order valence-corrected chi connectivity index (χ0v) is 15.6. The van der Waals surface area contributed by atoms with Gasteiger partial charge in [0.25, 0.3) is 11.8 Å². The summed E-state index contributed by atoms with van der Waals surface area (Å²) in [6.07, 6.45) is 0. The summed E-state index contributed by atoms with van der Waals surface area (Å²) in [7, 11) is 0. The Labute approximate surface area is 163 Å². The number of benzene rings is 2. The van der Waals surface area contributed by atoms with Gasteiger partial charge in [-0.15, -0.1) is 0 Å². The molecule has 0 spiro atoms. The van der Waals surface area contributed by atoms with Crippen molar-refractivity contribution >= 4 is 11.8 Å². The standard InChI is InChI=1S/C21H23N3O4/c25-20(17-6-7-18-19(14-17)28-15-27-18)22-8-9-23-10-12-24(13-11-23)21(26)16-4-2-1-3-5-16/h1-7,14H,8-13,15H2,(H,22,25). The molecule has 0 radical (unpaired) electrons. The number of hydrogen-bond acceptors (Lipinski definition) is 5. The van der Waals surface area contributed by atoms with Crippen molar-refractivity contribution in [1.82, 2.24) is 15.1 Å². The molecule has 0 atom stereocenters. The third kappa shape index (κ3) is 4.09. The predicted octanol–water partition coefficient (Wildman–Crippen LogP) is 1.60. The smallest absolute Gasteiger partial charge is 0.253 e. The van der Waals surface area contributed by atoms with Crippen LogP contribution in [0.4, 0.5) is 0 Å². The van der Waals surface area contributed by atoms with Crippen LogP contribution >= 0.6 is 0 Å². The van der Waals surface area contributed by atoms with Crippen LogP contribution in [0.1, 0.15) is 20.7 Å². The molecule has 0 aromatic heterocycles. The number of fused-ring (bicyclic) bond motifs is 1. The zero-order valence-electron chi connectivity index (χ0n) is 15.6. The quantitative estimate of drug-likeness (QED) is 0.852. The van der Waals surface area contributed by atoms with Crippen molar-refractivity contribution in [3.8, 4) is 11.5 Å². The number of carbonyl (C=O) groups is 2. The molecule has 4 rings (SSSR count). The first-order valence-electron chi connectivity index (χ1n) is 9.45. The van der Waals surface area contributed by atoms with Gasteiger partial charge in [0.2, 0.25) is 6.79 Å². The van der Waals surface area contributed by atoms with Gasteiger partial charge in [0.1, 0.15) is 0 Å². The molecule has 0 aliphatic carbocycles. The average Bonchev–Trinajstić information content (AvgIpc) is 3.22. The molecule has 2 amide bonds. The van der Waals surface area contributed by atoms with E-state index in [-0.39, 0.29) is 18.6 Å². The normalized spacial score (nSPS) is 16.1. The molecule has 2 heterocycles. The Kier molecular flexibility index (Phi) is 5.43. The van der Waals surface area contributed by atoms with E-state index in [4.69, 9.17) is 9.47 Å². The molecule has 28 heavy (non-hydrogen) atoms. The van der Waals surface area contributed by atoms with E-state index in [1.54, 1.807) is 18.2 Å². The molecule has 2 aliphatic rings. The van der Waals surface area contributed by atoms with Crippen molar-refractivity contribution < 1.29 is 19.1 Å². The van der Waals surface area contributed by atoms with Crippen LogP contribution in [0.5, 0.6) is 11.5 Å². The van der Waals surface area contributed by atoms with Crippen molar-refractivity contribution in [3.63, 3.8) is 0 Å². The molecule has 0 unspecified atom stereocenters. The minimum atomic E-state index is -0.129. The van der Waals surface area contributed by atoms with Gasteiger partial charge in [-0.1, -0.05) is 18.2 Å². The van der Waals surface area contributed by atoms with E-state index in [9.17, 15) is 9.59 Å². The summed E-state index contributed by atoms with van der Waals surface area (Å²) in [6.45, 7) is 4.51. The predicted molar refractivity (Wildman–Crippen MR) is 104 cm³/mol. The molecule has 1 saturated heterocycles. The molecule has 1 N–H and O–H groups in total. The Balaban J connectivity index is 1.20. The Hall–Kier alpha value is -3.06. The van der Waals surface area contributed by atoms with Gasteiger partial charge in [-0.05, 0) is 30.3 Å². The van der Waals surface area contributed by atoms with Gasteiger partial charge in [0.05, 0.1) is 0 Å². The Morgan fingerprint density at radius 1 is 0.893 bits per heavy atom. The van der Waals surface area contributed by atoms with Gasteiger partial charge in [-0.2, -0.15) is 0 Å². The molecule has 2 aromatic rings. The van der Waals surface area contributed by atoms with Gasteiger partial charge in [0, 0.05) is 50.4 Å². The number of ether oxygens (including phenoxy) is 2. The van der Waals surface area contributed by atoms with Crippen molar-refractivity contribution in [2.24, 2.45) is 0 Å². The number of nitrogens with zero attached hydrogens (tertiary/aromatic N) is 2. The molecular formula is C21H23N3O4. The largest absolute Gasteiger partial charge is 0.454 e. The molecule has 2 aromatic carbocycles. The topological polar surface area (TPSA) is 71.1 Å². The van der Waals surface area contributed by atoms with Gasteiger partial charge in [0.15, 0.2) is 11.5 Å². The van der Waals surface area contributed by atoms with Crippen LogP contribution in [0.2, 0.25) is 0 Å². The van der Waals surface area contributed by atoms with Crippen LogP contribution in [-0.4, -0.2) is 67.7 Å². The summed E-state index contributed by atoms with van der Waals surface area (Å²) in [6, 6.07) is 14.6. The molecule has 7 nitrogen and oxygen atoms in total. The maximum Gasteiger partial charge on any atom is 0.253 e. The number of rotatable bonds is 5. The highest BCUT2D eigenvalue weighted by molar-refractivity contribution is 5.95. The van der Waals surface area contributed by atoms with Crippen molar-refractivity contribution in [3.05, 3.63) is 59.7 Å². The van der Waals surface area contributed by atoms with E-state index in [0.717, 1.165) is 25.2 Å². The fourth-order valence-electron chi connectivity index (χ4n) is 3.41. The lowest BCUT2D eigenvalue weighted by molar-refractivity contribution is 0.0638. The van der Waals surface area contributed by atoms with Gasteiger partial charge < -0.3 is 19.7 Å². The van der Waals surface area contributed by atoms with Crippen molar-refractivity contribution in [2.45, 2.75) is 0 Å². The average molecular weight is 381 g/mol. The minimum Gasteiger partial charge on any atom is -0.454 e. The minimum absolute atomic E-state index is 0.0800. The van der Waals surface area contributed by atoms with Crippen LogP contribution in [0, 0.1) is 0 Å². The van der Waals surface area contributed by atoms with Crippen LogP contribution in [0.3, 0.4) is 0 Å². The molecule has 0 bridgehead atoms. The molecule has 1 fully saturated rings. The molecule has 2 aliphatic heterocycles. The lowest BCUT2D eigenvalue weighted by Gasteiger charge is -2.34. The summed E-state index contributed by atoms with van der Waals surface area (Å²) in [5, 5.41) is 2.94. The summed E-state index contributed by atoms with van der Waals surface area (Å²) >= 11 is 0. The van der Waals surface area contributed by atoms with Gasteiger partial charge >= 0.3 is 0 Å². The number of hydrogen-bond donors (Lipinski definition) is 1. The highest BCUT2D eigenvalue weighted by atomic mass is 16.7. The fourth-order valence-corrected chi connectivity index (χ4v) is 3.41. The monoisotopic (exact) mass is 381 g/mol. The first-order valence-corrected chi connectivity index (χ1v) is 9.45. The van der Waals surface area contributed by atoms with E-state index in [1.807, 2.05) is 35.2 Å². The second-order valence-corrected chi connectivity index (χ2v) is 6.82. The van der Waals surface area contributed by atoms with Crippen molar-refractivity contribution in [2.75, 3.05) is 46.1 Å². The van der Waals surface area contributed by atoms with E-state index in [0.29, 0.717) is 36.7 Å². The van der Waals surface area contributed by atoms with Gasteiger partial charge in [-0.25, -0.2) is 0 Å². The SMILES string of the molecule is O=C(NCCN1CCN(C(=O)c2ccccc2)CC1)c1ccc2c(c1)OCO2. The molecule has 0 saturated carbocycles. The Bertz CT molecular complexity index is 848. The third-order valence-corrected chi connectivity index (χ3v) is 5.03. The molecular weight excluding hydrogens is 358 g/mol. The number of carbonyl (C=O) groups excluding carboxylic acids is 2. The summed E-state index contributed by atoms with van der Waals surface area (Å²) in [5.41, 5.74) is 1.29. The van der Waals surface area contributed by atoms with E-state index in [2.05, 4.69) is 10.2 Å². The maximum absolute atomic E-state index is 12.5. The lowest BCUT2D eigenvalue weighted by atomic mass is 10.2. The zero-order chi connectivity index (χ0) is 19.3. The summed E-state index contributed by atoms with van der Waals surface area (Å²) in [4.78, 5) is 28.9. The first-order chi connectivity index (χ1) is 13.7. The highest BCUT2D eigenvalue weighted by Crippen LogP contribution is 2.32. The van der Waals surface area contributed by atoms with E-state index >= 15 is 0 Å². The maximum atomic E-state index is 12.5. The fraction of sp³-hybridized carbons (Fsp3) is 0.333. The Morgan fingerprint density at radius 3 is 2.43 bits per heavy atom. The summed E-state index contributed by atoms with van der Waals surface area (Å²) < 4.78 is 10.6. The molecule has 146 valence electrons. The number of nitrogens with one attached hydrogen (secondary N) is 1. The summed E-state index contributed by atoms with van der Waals surface area (Å²) in [5.74, 6) is 1.22. The van der Waals surface area contributed by atoms with Gasteiger partial charge in [-0.3, -0.25) is 14.5 Å². The molecule has 7 heteroatoms. The van der Waals surface area contributed by atoms with E-state index in [1.165, 1.54) is 0 Å².